The van der Waals surface area contributed by atoms with Crippen LogP contribution >= 0.6 is 0 Å². The number of fused-ring (bicyclic) bond motifs is 1. The van der Waals surface area contributed by atoms with Crippen LogP contribution in [0.2, 0.25) is 0 Å². The van der Waals surface area contributed by atoms with Crippen LogP contribution in [0.25, 0.3) is 0 Å². The second-order valence-electron chi connectivity index (χ2n) is 7.19. The molecule has 2 aliphatic rings. The van der Waals surface area contributed by atoms with Crippen molar-refractivity contribution in [3.8, 4) is 0 Å². The second-order valence-corrected chi connectivity index (χ2v) is 7.19. The molecular formula is C22H21N3O4. The highest BCUT2D eigenvalue weighted by Gasteiger charge is 2.30. The van der Waals surface area contributed by atoms with E-state index >= 15 is 0 Å². The first-order valence-electron chi connectivity index (χ1n) is 9.66. The van der Waals surface area contributed by atoms with Crippen LogP contribution < -0.4 is 10.2 Å². The molecule has 0 bridgehead atoms. The molecule has 0 spiro atoms. The molecule has 0 aliphatic carbocycles. The Labute approximate surface area is 168 Å². The summed E-state index contributed by atoms with van der Waals surface area (Å²) in [5.41, 5.74) is 2.96. The van der Waals surface area contributed by atoms with Crippen LogP contribution in [-0.4, -0.2) is 41.6 Å². The number of imide groups is 1. The number of anilines is 2. The first-order chi connectivity index (χ1) is 14.0. The van der Waals surface area contributed by atoms with E-state index in [0.717, 1.165) is 29.0 Å². The van der Waals surface area contributed by atoms with Crippen LogP contribution in [0.15, 0.2) is 48.5 Å². The maximum atomic E-state index is 13.0. The van der Waals surface area contributed by atoms with Crippen molar-refractivity contribution in [2.24, 2.45) is 0 Å². The lowest BCUT2D eigenvalue weighted by molar-refractivity contribution is -0.141. The van der Waals surface area contributed by atoms with Gasteiger partial charge in [-0.1, -0.05) is 24.3 Å². The average Bonchev–Trinajstić information content (AvgIpc) is 3.05. The van der Waals surface area contributed by atoms with Gasteiger partial charge in [-0.05, 0) is 42.7 Å². The summed E-state index contributed by atoms with van der Waals surface area (Å²) in [6.45, 7) is 0.316. The summed E-state index contributed by atoms with van der Waals surface area (Å²) < 4.78 is 0. The molecule has 0 radical (unpaired) electrons. The van der Waals surface area contributed by atoms with Gasteiger partial charge in [0.1, 0.15) is 6.54 Å². The summed E-state index contributed by atoms with van der Waals surface area (Å²) in [5, 5.41) is 2.74. The Morgan fingerprint density at radius 3 is 2.38 bits per heavy atom. The first kappa shape index (κ1) is 18.9. The highest BCUT2D eigenvalue weighted by molar-refractivity contribution is 6.08. The van der Waals surface area contributed by atoms with Crippen LogP contribution in [0.4, 0.5) is 11.4 Å². The fourth-order valence-corrected chi connectivity index (χ4v) is 3.74. The third-order valence-corrected chi connectivity index (χ3v) is 5.21. The van der Waals surface area contributed by atoms with Gasteiger partial charge in [-0.3, -0.25) is 24.1 Å². The summed E-state index contributed by atoms with van der Waals surface area (Å²) in [5.74, 6) is -1.17. The van der Waals surface area contributed by atoms with Crippen LogP contribution in [0.1, 0.15) is 35.2 Å². The molecule has 2 aliphatic heterocycles. The minimum absolute atomic E-state index is 0.0803. The van der Waals surface area contributed by atoms with Gasteiger partial charge in [0.25, 0.3) is 5.91 Å². The van der Waals surface area contributed by atoms with Crippen molar-refractivity contribution in [2.45, 2.75) is 25.7 Å². The Kier molecular flexibility index (Phi) is 5.12. The van der Waals surface area contributed by atoms with Gasteiger partial charge in [0.15, 0.2) is 0 Å². The minimum atomic E-state index is -0.440. The number of nitrogens with zero attached hydrogens (tertiary/aromatic N) is 2. The molecule has 2 aromatic carbocycles. The number of carbonyl (C=O) groups is 4. The van der Waals surface area contributed by atoms with E-state index in [1.165, 1.54) is 0 Å². The van der Waals surface area contributed by atoms with Crippen LogP contribution in [0.3, 0.4) is 0 Å². The van der Waals surface area contributed by atoms with Gasteiger partial charge in [0, 0.05) is 36.3 Å². The standard InChI is InChI=1S/C22H21N3O4/c26-19(14-25-20(27)10-11-21(25)28)23-17-9-8-15-7-4-12-24(18(15)13-17)22(29)16-5-2-1-3-6-16/h1-3,5-6,8-9,13H,4,7,10-12,14H2,(H,23,26). The van der Waals surface area contributed by atoms with Crippen molar-refractivity contribution >= 4 is 35.0 Å². The van der Waals surface area contributed by atoms with Crippen molar-refractivity contribution in [1.29, 1.82) is 0 Å². The number of benzene rings is 2. The first-order valence-corrected chi connectivity index (χ1v) is 9.66. The Morgan fingerprint density at radius 1 is 0.931 bits per heavy atom. The molecule has 4 rings (SSSR count). The third-order valence-electron chi connectivity index (χ3n) is 5.21. The van der Waals surface area contributed by atoms with E-state index in [0.29, 0.717) is 17.8 Å². The smallest absolute Gasteiger partial charge is 0.258 e. The molecule has 2 heterocycles. The number of aryl methyl sites for hydroxylation is 1. The van der Waals surface area contributed by atoms with Crippen molar-refractivity contribution in [2.75, 3.05) is 23.3 Å². The fraction of sp³-hybridized carbons (Fsp3) is 0.273. The van der Waals surface area contributed by atoms with Gasteiger partial charge in [0.05, 0.1) is 0 Å². The SMILES string of the molecule is O=C(CN1C(=O)CCC1=O)Nc1ccc2c(c1)N(C(=O)c1ccccc1)CCC2. The van der Waals surface area contributed by atoms with Crippen molar-refractivity contribution in [3.05, 3.63) is 59.7 Å². The van der Waals surface area contributed by atoms with Crippen molar-refractivity contribution in [1.82, 2.24) is 4.90 Å². The molecule has 1 N–H and O–H groups in total. The van der Waals surface area contributed by atoms with Crippen LogP contribution in [-0.2, 0) is 20.8 Å². The predicted molar refractivity (Wildman–Crippen MR) is 107 cm³/mol. The Hall–Kier alpha value is -3.48. The van der Waals surface area contributed by atoms with E-state index in [1.807, 2.05) is 24.3 Å². The maximum Gasteiger partial charge on any atom is 0.258 e. The molecule has 2 aromatic rings. The number of hydrogen-bond acceptors (Lipinski definition) is 4. The summed E-state index contributed by atoms with van der Waals surface area (Å²) in [7, 11) is 0. The van der Waals surface area contributed by atoms with E-state index in [2.05, 4.69) is 5.32 Å². The zero-order valence-electron chi connectivity index (χ0n) is 15.9. The molecule has 1 saturated heterocycles. The van der Waals surface area contributed by atoms with Crippen molar-refractivity contribution < 1.29 is 19.2 Å². The van der Waals surface area contributed by atoms with E-state index < -0.39 is 5.91 Å². The molecule has 0 unspecified atom stereocenters. The molecule has 148 valence electrons. The van der Waals surface area contributed by atoms with Gasteiger partial charge in [-0.2, -0.15) is 0 Å². The molecule has 29 heavy (non-hydrogen) atoms. The maximum absolute atomic E-state index is 13.0. The fourth-order valence-electron chi connectivity index (χ4n) is 3.74. The topological polar surface area (TPSA) is 86.8 Å². The average molecular weight is 391 g/mol. The van der Waals surface area contributed by atoms with Gasteiger partial charge < -0.3 is 10.2 Å². The molecule has 7 heteroatoms. The van der Waals surface area contributed by atoms with E-state index in [4.69, 9.17) is 0 Å². The molecular weight excluding hydrogens is 370 g/mol. The molecule has 0 aromatic heterocycles. The van der Waals surface area contributed by atoms with Gasteiger partial charge >= 0.3 is 0 Å². The number of hydrogen-bond donors (Lipinski definition) is 1. The number of carbonyl (C=O) groups excluding carboxylic acids is 4. The third kappa shape index (κ3) is 3.89. The highest BCUT2D eigenvalue weighted by Crippen LogP contribution is 2.31. The lowest BCUT2D eigenvalue weighted by Gasteiger charge is -2.30. The second kappa shape index (κ2) is 7.87. The van der Waals surface area contributed by atoms with Gasteiger partial charge in [0.2, 0.25) is 17.7 Å². The van der Waals surface area contributed by atoms with E-state index in [-0.39, 0.29) is 37.1 Å². The molecule has 0 saturated carbocycles. The molecule has 7 nitrogen and oxygen atoms in total. The lowest BCUT2D eigenvalue weighted by atomic mass is 10.00. The number of nitrogens with one attached hydrogen (secondary N) is 1. The van der Waals surface area contributed by atoms with Crippen molar-refractivity contribution in [3.63, 3.8) is 0 Å². The molecule has 1 fully saturated rings. The Bertz CT molecular complexity index is 971. The highest BCUT2D eigenvalue weighted by atomic mass is 16.2. The normalized spacial score (nSPS) is 16.0. The van der Waals surface area contributed by atoms with Crippen LogP contribution in [0, 0.1) is 0 Å². The largest absolute Gasteiger partial charge is 0.324 e. The Morgan fingerprint density at radius 2 is 1.66 bits per heavy atom. The summed E-state index contributed by atoms with van der Waals surface area (Å²) in [6, 6.07) is 14.6. The zero-order chi connectivity index (χ0) is 20.4. The van der Waals surface area contributed by atoms with E-state index in [1.54, 1.807) is 29.2 Å². The lowest BCUT2D eigenvalue weighted by Crippen LogP contribution is -2.37. The Balaban J connectivity index is 1.52. The van der Waals surface area contributed by atoms with Gasteiger partial charge in [-0.15, -0.1) is 0 Å². The quantitative estimate of drug-likeness (QED) is 0.811. The van der Waals surface area contributed by atoms with Crippen LogP contribution in [0.5, 0.6) is 0 Å². The van der Waals surface area contributed by atoms with E-state index in [9.17, 15) is 19.2 Å². The minimum Gasteiger partial charge on any atom is -0.324 e. The summed E-state index contributed by atoms with van der Waals surface area (Å²) in [6.07, 6.45) is 2.04. The predicted octanol–water partition coefficient (Wildman–Crippen LogP) is 2.37. The molecule has 0 atom stereocenters. The zero-order valence-corrected chi connectivity index (χ0v) is 15.9. The monoisotopic (exact) mass is 391 g/mol. The summed E-state index contributed by atoms with van der Waals surface area (Å²) >= 11 is 0. The summed E-state index contributed by atoms with van der Waals surface area (Å²) in [4.78, 5) is 51.4. The molecule has 4 amide bonds. The number of rotatable bonds is 4. The number of likely N-dealkylation sites (tertiary alicyclic amines) is 1. The van der Waals surface area contributed by atoms with Gasteiger partial charge in [-0.25, -0.2) is 0 Å². The number of amides is 4.